The van der Waals surface area contributed by atoms with Crippen molar-refractivity contribution in [1.82, 2.24) is 0 Å². The largest absolute Gasteiger partial charge is 0.371 e. The molecule has 0 amide bonds. The summed E-state index contributed by atoms with van der Waals surface area (Å²) in [4.78, 5) is 0. The number of terminal acetylenes is 1. The number of hydrogen-bond acceptors (Lipinski definition) is 2. The average molecular weight is 88.1 g/mol. The zero-order valence-electron chi connectivity index (χ0n) is 2.55. The van der Waals surface area contributed by atoms with Crippen LogP contribution in [0.3, 0.4) is 0 Å². The molecule has 0 aromatic heterocycles. The van der Waals surface area contributed by atoms with Gasteiger partial charge in [0.15, 0.2) is 5.44 Å². The standard InChI is InChI=1S/C3H4OS/c1-2-3(4)5/h1,3-5H. The minimum absolute atomic E-state index is 0.894. The predicted octanol–water partition coefficient (Wildman–Crippen LogP) is -0.132. The summed E-state index contributed by atoms with van der Waals surface area (Å²) in [6.45, 7) is 0. The average Bonchev–Trinajstić information content (AvgIpc) is 1.38. The highest BCUT2D eigenvalue weighted by Gasteiger charge is 1.76. The van der Waals surface area contributed by atoms with Gasteiger partial charge < -0.3 is 5.11 Å². The number of rotatable bonds is 0. The molecular weight excluding hydrogens is 84.1 g/mol. The lowest BCUT2D eigenvalue weighted by atomic mass is 10.8. The molecule has 1 N–H and O–H groups in total. The fourth-order valence-corrected chi connectivity index (χ4v) is 0. The van der Waals surface area contributed by atoms with Crippen LogP contribution in [0.1, 0.15) is 0 Å². The topological polar surface area (TPSA) is 20.2 Å². The van der Waals surface area contributed by atoms with Gasteiger partial charge in [-0.25, -0.2) is 0 Å². The molecule has 0 aromatic carbocycles. The summed E-state index contributed by atoms with van der Waals surface area (Å²) in [5, 5.41) is 7.99. The third kappa shape index (κ3) is 3.87. The van der Waals surface area contributed by atoms with Gasteiger partial charge in [-0.3, -0.25) is 0 Å². The van der Waals surface area contributed by atoms with E-state index in [1.54, 1.807) is 0 Å². The molecular formula is C3H4OS. The third-order valence-electron chi connectivity index (χ3n) is 0.149. The quantitative estimate of drug-likeness (QED) is 0.240. The molecule has 0 heterocycles. The first-order valence-corrected chi connectivity index (χ1v) is 1.61. The highest BCUT2D eigenvalue weighted by molar-refractivity contribution is 7.81. The molecule has 0 bridgehead atoms. The van der Waals surface area contributed by atoms with Crippen molar-refractivity contribution in [1.29, 1.82) is 0 Å². The second-order valence-electron chi connectivity index (χ2n) is 0.540. The van der Waals surface area contributed by atoms with Gasteiger partial charge in [-0.2, -0.15) is 0 Å². The van der Waals surface area contributed by atoms with Crippen LogP contribution in [0, 0.1) is 12.3 Å². The van der Waals surface area contributed by atoms with Crippen LogP contribution in [-0.4, -0.2) is 10.5 Å². The van der Waals surface area contributed by atoms with Gasteiger partial charge in [-0.05, 0) is 0 Å². The lowest BCUT2D eigenvalue weighted by molar-refractivity contribution is 0.320. The Hall–Kier alpha value is -0.130. The predicted molar refractivity (Wildman–Crippen MR) is 23.8 cm³/mol. The molecule has 0 aliphatic heterocycles. The van der Waals surface area contributed by atoms with Gasteiger partial charge in [0.2, 0.25) is 0 Å². The molecule has 28 valence electrons. The lowest BCUT2D eigenvalue weighted by Crippen LogP contribution is -1.85. The fourth-order valence-electron chi connectivity index (χ4n) is 0. The van der Waals surface area contributed by atoms with E-state index in [9.17, 15) is 0 Å². The molecule has 0 fully saturated rings. The molecule has 2 heteroatoms. The Bertz CT molecular complexity index is 52.4. The van der Waals surface area contributed by atoms with Crippen molar-refractivity contribution in [3.63, 3.8) is 0 Å². The first-order chi connectivity index (χ1) is 2.27. The van der Waals surface area contributed by atoms with Crippen molar-refractivity contribution in [2.24, 2.45) is 0 Å². The van der Waals surface area contributed by atoms with Gasteiger partial charge in [0.05, 0.1) is 0 Å². The second-order valence-corrected chi connectivity index (χ2v) is 1.03. The Kier molecular flexibility index (Phi) is 2.07. The smallest absolute Gasteiger partial charge is 0.158 e. The van der Waals surface area contributed by atoms with E-state index in [2.05, 4.69) is 19.1 Å². The molecule has 0 spiro atoms. The summed E-state index contributed by atoms with van der Waals surface area (Å²) in [6, 6.07) is 0. The highest BCUT2D eigenvalue weighted by Crippen LogP contribution is 1.79. The zero-order valence-corrected chi connectivity index (χ0v) is 3.44. The van der Waals surface area contributed by atoms with Crippen LogP contribution in [-0.2, 0) is 0 Å². The monoisotopic (exact) mass is 88.0 g/mol. The second kappa shape index (κ2) is 2.13. The van der Waals surface area contributed by atoms with Crippen molar-refractivity contribution in [3.8, 4) is 12.3 Å². The lowest BCUT2D eigenvalue weighted by Gasteiger charge is -1.80. The minimum atomic E-state index is -0.894. The molecule has 0 aliphatic carbocycles. The van der Waals surface area contributed by atoms with Gasteiger partial charge in [0.25, 0.3) is 0 Å². The highest BCUT2D eigenvalue weighted by atomic mass is 32.1. The summed E-state index contributed by atoms with van der Waals surface area (Å²) in [7, 11) is 0. The van der Waals surface area contributed by atoms with Crippen LogP contribution < -0.4 is 0 Å². The van der Waals surface area contributed by atoms with Crippen LogP contribution in [0.25, 0.3) is 0 Å². The van der Waals surface area contributed by atoms with E-state index in [-0.39, 0.29) is 0 Å². The SMILES string of the molecule is C#CC(O)S. The first-order valence-electron chi connectivity index (χ1n) is 1.09. The van der Waals surface area contributed by atoms with E-state index in [4.69, 9.17) is 5.11 Å². The maximum Gasteiger partial charge on any atom is 0.158 e. The van der Waals surface area contributed by atoms with E-state index in [1.165, 1.54) is 0 Å². The molecule has 0 radical (unpaired) electrons. The molecule has 5 heavy (non-hydrogen) atoms. The van der Waals surface area contributed by atoms with Crippen molar-refractivity contribution >= 4 is 12.6 Å². The third-order valence-corrected chi connectivity index (χ3v) is 0.298. The molecule has 1 atom stereocenters. The Morgan fingerprint density at radius 2 is 2.20 bits per heavy atom. The Morgan fingerprint density at radius 1 is 2.00 bits per heavy atom. The zero-order chi connectivity index (χ0) is 4.28. The van der Waals surface area contributed by atoms with Gasteiger partial charge in [0.1, 0.15) is 0 Å². The molecule has 0 aliphatic rings. The summed E-state index contributed by atoms with van der Waals surface area (Å²) < 4.78 is 0. The van der Waals surface area contributed by atoms with Crippen LogP contribution in [0.5, 0.6) is 0 Å². The van der Waals surface area contributed by atoms with E-state index in [0.29, 0.717) is 0 Å². The summed E-state index contributed by atoms with van der Waals surface area (Å²) >= 11 is 3.42. The van der Waals surface area contributed by atoms with Crippen molar-refractivity contribution in [2.45, 2.75) is 5.44 Å². The van der Waals surface area contributed by atoms with Crippen molar-refractivity contribution < 1.29 is 5.11 Å². The number of aliphatic hydroxyl groups excluding tert-OH is 1. The maximum absolute atomic E-state index is 7.99. The van der Waals surface area contributed by atoms with E-state index in [1.807, 2.05) is 5.92 Å². The number of thiol groups is 1. The van der Waals surface area contributed by atoms with Gasteiger partial charge in [-0.15, -0.1) is 19.1 Å². The van der Waals surface area contributed by atoms with Crippen molar-refractivity contribution in [3.05, 3.63) is 0 Å². The van der Waals surface area contributed by atoms with Gasteiger partial charge >= 0.3 is 0 Å². The normalized spacial score (nSPS) is 13.0. The Balaban J connectivity index is 2.94. The first kappa shape index (κ1) is 4.87. The number of hydrogen-bond donors (Lipinski definition) is 2. The Morgan fingerprint density at radius 3 is 2.20 bits per heavy atom. The molecule has 1 nitrogen and oxygen atoms in total. The maximum atomic E-state index is 7.99. The summed E-state index contributed by atoms with van der Waals surface area (Å²) in [5.41, 5.74) is -0.894. The van der Waals surface area contributed by atoms with E-state index < -0.39 is 5.44 Å². The van der Waals surface area contributed by atoms with Crippen LogP contribution in [0.4, 0.5) is 0 Å². The van der Waals surface area contributed by atoms with E-state index in [0.717, 1.165) is 0 Å². The van der Waals surface area contributed by atoms with Crippen LogP contribution in [0.2, 0.25) is 0 Å². The van der Waals surface area contributed by atoms with Crippen LogP contribution >= 0.6 is 12.6 Å². The molecule has 0 rings (SSSR count). The fraction of sp³-hybridized carbons (Fsp3) is 0.333. The molecule has 0 saturated heterocycles. The molecule has 0 saturated carbocycles. The van der Waals surface area contributed by atoms with Crippen LogP contribution in [0.15, 0.2) is 0 Å². The van der Waals surface area contributed by atoms with Crippen molar-refractivity contribution in [2.75, 3.05) is 0 Å². The van der Waals surface area contributed by atoms with E-state index >= 15 is 0 Å². The van der Waals surface area contributed by atoms with Gasteiger partial charge in [0, 0.05) is 0 Å². The minimum Gasteiger partial charge on any atom is -0.371 e. The molecule has 0 aromatic rings. The molecule has 1 unspecified atom stereocenters. The number of aliphatic hydroxyl groups is 1. The summed E-state index contributed by atoms with van der Waals surface area (Å²) in [6.07, 6.45) is 4.59. The Labute approximate surface area is 36.4 Å². The summed E-state index contributed by atoms with van der Waals surface area (Å²) in [5.74, 6) is 1.95. The van der Waals surface area contributed by atoms with Gasteiger partial charge in [-0.1, -0.05) is 5.92 Å².